The summed E-state index contributed by atoms with van der Waals surface area (Å²) >= 11 is 3.53. The lowest BCUT2D eigenvalue weighted by Gasteiger charge is -2.13. The number of thiol groups is 1. The highest BCUT2D eigenvalue weighted by Gasteiger charge is 2.26. The second kappa shape index (κ2) is 11.2. The van der Waals surface area contributed by atoms with Crippen LogP contribution >= 0.6 is 12.6 Å². The van der Waals surface area contributed by atoms with Crippen molar-refractivity contribution in [3.05, 3.63) is 151 Å². The average Bonchev–Trinajstić information content (AvgIpc) is 3.84. The highest BCUT2D eigenvalue weighted by Crippen LogP contribution is 2.38. The zero-order valence-corrected chi connectivity index (χ0v) is 25.9. The van der Waals surface area contributed by atoms with Gasteiger partial charge in [0.05, 0.1) is 28.7 Å². The Hall–Kier alpha value is -5.03. The van der Waals surface area contributed by atoms with Gasteiger partial charge in [-0.15, -0.1) is 0 Å². The minimum absolute atomic E-state index is 0.216. The van der Waals surface area contributed by atoms with Crippen LogP contribution in [0.1, 0.15) is 17.2 Å². The zero-order valence-electron chi connectivity index (χ0n) is 25.0. The lowest BCUT2D eigenvalue weighted by Crippen LogP contribution is -1.96. The van der Waals surface area contributed by atoms with Crippen molar-refractivity contribution >= 4 is 62.3 Å². The largest absolute Gasteiger partial charge is 0.368 e. The van der Waals surface area contributed by atoms with E-state index in [0.717, 1.165) is 23.5 Å². The Morgan fingerprint density at radius 3 is 1.64 bits per heavy atom. The summed E-state index contributed by atoms with van der Waals surface area (Å²) in [7, 11) is 0. The molecule has 218 valence electrons. The van der Waals surface area contributed by atoms with Gasteiger partial charge in [0, 0.05) is 32.9 Å². The molecule has 0 radical (unpaired) electrons. The summed E-state index contributed by atoms with van der Waals surface area (Å²) in [5.41, 5.74) is 11.8. The molecule has 3 heterocycles. The summed E-state index contributed by atoms with van der Waals surface area (Å²) in [4.78, 5) is 0. The molecule has 0 aliphatic carbocycles. The van der Waals surface area contributed by atoms with Gasteiger partial charge in [0.25, 0.3) is 0 Å². The molecule has 6 aromatic carbocycles. The van der Waals surface area contributed by atoms with Gasteiger partial charge < -0.3 is 13.9 Å². The molecule has 1 atom stereocenters. The van der Waals surface area contributed by atoms with E-state index in [1.807, 2.05) is 6.08 Å². The van der Waals surface area contributed by atoms with Gasteiger partial charge in [-0.25, -0.2) is 0 Å². The molecule has 2 aromatic heterocycles. The van der Waals surface area contributed by atoms with Crippen LogP contribution in [0, 0.1) is 0 Å². The van der Waals surface area contributed by atoms with Crippen molar-refractivity contribution in [2.45, 2.75) is 6.10 Å². The van der Waals surface area contributed by atoms with Crippen LogP contribution in [0.2, 0.25) is 0 Å². The highest BCUT2D eigenvalue weighted by molar-refractivity contribution is 7.79. The number of nitrogens with zero attached hydrogens (tertiary/aromatic N) is 2. The van der Waals surface area contributed by atoms with Crippen LogP contribution in [-0.2, 0) is 4.74 Å². The van der Waals surface area contributed by atoms with E-state index < -0.39 is 0 Å². The van der Waals surface area contributed by atoms with Gasteiger partial charge in [-0.3, -0.25) is 0 Å². The van der Waals surface area contributed by atoms with Crippen molar-refractivity contribution in [1.82, 2.24) is 9.13 Å². The monoisotopic (exact) mass is 600 g/mol. The van der Waals surface area contributed by atoms with E-state index in [4.69, 9.17) is 4.74 Å². The summed E-state index contributed by atoms with van der Waals surface area (Å²) in [5.74, 6) is 0. The van der Waals surface area contributed by atoms with Crippen molar-refractivity contribution in [3.63, 3.8) is 0 Å². The van der Waals surface area contributed by atoms with Crippen molar-refractivity contribution in [3.8, 4) is 22.5 Å². The second-order valence-corrected chi connectivity index (χ2v) is 11.4. The van der Waals surface area contributed by atoms with Gasteiger partial charge >= 0.3 is 0 Å². The van der Waals surface area contributed by atoms with E-state index >= 15 is 0 Å². The van der Waals surface area contributed by atoms with Gasteiger partial charge in [0.1, 0.15) is 6.10 Å². The smallest absolute Gasteiger partial charge is 0.106 e. The molecule has 0 saturated carbocycles. The molecule has 0 bridgehead atoms. The third kappa shape index (κ3) is 4.57. The van der Waals surface area contributed by atoms with E-state index in [1.54, 1.807) is 6.26 Å². The number of benzene rings is 6. The van der Waals surface area contributed by atoms with Gasteiger partial charge in [0.15, 0.2) is 0 Å². The molecular weight excluding hydrogens is 569 g/mol. The van der Waals surface area contributed by atoms with Crippen LogP contribution in [0.5, 0.6) is 0 Å². The molecule has 0 spiro atoms. The molecule has 1 unspecified atom stereocenters. The van der Waals surface area contributed by atoms with Gasteiger partial charge in [-0.2, -0.15) is 12.6 Å². The van der Waals surface area contributed by atoms with Crippen molar-refractivity contribution in [2.24, 2.45) is 0 Å². The molecule has 0 amide bonds. The first kappa shape index (κ1) is 27.5. The number of hydrogen-bond donors (Lipinski definition) is 1. The Balaban J connectivity index is 0.00000147. The number of hydrogen-bond acceptors (Lipinski definition) is 2. The van der Waals surface area contributed by atoms with Crippen LogP contribution < -0.4 is 0 Å². The average molecular weight is 601 g/mol. The summed E-state index contributed by atoms with van der Waals surface area (Å²) in [6, 6.07) is 48.5. The fraction of sp³-hybridized carbons (Fsp3) is 0.0732. The Labute approximate surface area is 268 Å². The van der Waals surface area contributed by atoms with Crippen LogP contribution in [0.4, 0.5) is 0 Å². The quantitative estimate of drug-likeness (QED) is 0.154. The van der Waals surface area contributed by atoms with E-state index in [1.165, 1.54) is 60.3 Å². The maximum Gasteiger partial charge on any atom is 0.106 e. The Morgan fingerprint density at radius 2 is 1.09 bits per heavy atom. The highest BCUT2D eigenvalue weighted by atomic mass is 32.1. The normalized spacial score (nSPS) is 14.1. The second-order valence-electron chi connectivity index (χ2n) is 11.4. The Kier molecular flexibility index (Phi) is 6.82. The molecule has 1 aliphatic rings. The maximum absolute atomic E-state index is 5.63. The number of ether oxygens (including phenoxy) is 1. The first-order valence-corrected chi connectivity index (χ1v) is 16.1. The van der Waals surface area contributed by atoms with E-state index in [2.05, 4.69) is 162 Å². The SMILES string of the molecule is C=Cc1ccc2c3ccccc3n(-c3cccc(-c4cccc(-n5c6ccccc6c6ccc(C7CO7)cc65)c4)c3)c2c1.CS. The first-order chi connectivity index (χ1) is 22.3. The molecular formula is C41H32N2OS. The third-order valence-corrected chi connectivity index (χ3v) is 8.88. The number of rotatable bonds is 5. The lowest BCUT2D eigenvalue weighted by molar-refractivity contribution is 0.416. The number of para-hydroxylation sites is 2. The van der Waals surface area contributed by atoms with Crippen LogP contribution in [0.3, 0.4) is 0 Å². The molecule has 8 aromatic rings. The summed E-state index contributed by atoms with van der Waals surface area (Å²) in [6.07, 6.45) is 3.83. The predicted molar refractivity (Wildman–Crippen MR) is 194 cm³/mol. The molecule has 1 fully saturated rings. The number of aromatic nitrogens is 2. The molecule has 1 aliphatic heterocycles. The molecule has 1 saturated heterocycles. The molecule has 0 N–H and O–H groups in total. The van der Waals surface area contributed by atoms with Gasteiger partial charge in [-0.1, -0.05) is 97.6 Å². The van der Waals surface area contributed by atoms with Crippen LogP contribution in [0.25, 0.3) is 72.2 Å². The van der Waals surface area contributed by atoms with Crippen molar-refractivity contribution in [1.29, 1.82) is 0 Å². The fourth-order valence-corrected chi connectivity index (χ4v) is 6.75. The minimum atomic E-state index is 0.216. The number of epoxide rings is 1. The van der Waals surface area contributed by atoms with Crippen LogP contribution in [-0.4, -0.2) is 22.0 Å². The number of fused-ring (bicyclic) bond motifs is 6. The third-order valence-electron chi connectivity index (χ3n) is 8.88. The van der Waals surface area contributed by atoms with Gasteiger partial charge in [-0.05, 0) is 77.0 Å². The molecule has 4 heteroatoms. The first-order valence-electron chi connectivity index (χ1n) is 15.2. The van der Waals surface area contributed by atoms with Crippen molar-refractivity contribution < 1.29 is 4.74 Å². The van der Waals surface area contributed by atoms with Gasteiger partial charge in [0.2, 0.25) is 0 Å². The summed E-state index contributed by atoms with van der Waals surface area (Å²) in [5, 5.41) is 5.02. The van der Waals surface area contributed by atoms with Crippen molar-refractivity contribution in [2.75, 3.05) is 12.9 Å². The van der Waals surface area contributed by atoms with E-state index in [0.29, 0.717) is 0 Å². The summed E-state index contributed by atoms with van der Waals surface area (Å²) in [6.45, 7) is 4.82. The Bertz CT molecular complexity index is 2390. The standard InChI is InChI=1S/C40H28N2O.CH4S/c1-2-26-17-19-34-32-13-3-5-15-36(32)41(38(34)21-26)30-11-7-9-27(22-30)28-10-8-12-31(23-28)42-37-16-6-4-14-33(37)35-20-18-29(24-39(35)42)40-25-43-40;1-2/h2-24,40H,1,25H2;2H,1H3. The summed E-state index contributed by atoms with van der Waals surface area (Å²) < 4.78 is 10.4. The fourth-order valence-electron chi connectivity index (χ4n) is 6.75. The Morgan fingerprint density at radius 1 is 0.578 bits per heavy atom. The maximum atomic E-state index is 5.63. The van der Waals surface area contributed by atoms with E-state index in [-0.39, 0.29) is 6.10 Å². The lowest BCUT2D eigenvalue weighted by atomic mass is 10.0. The predicted octanol–water partition coefficient (Wildman–Crippen LogP) is 10.8. The zero-order chi connectivity index (χ0) is 30.5. The minimum Gasteiger partial charge on any atom is -0.368 e. The van der Waals surface area contributed by atoms with Crippen LogP contribution in [0.15, 0.2) is 140 Å². The molecule has 9 rings (SSSR count). The molecule has 45 heavy (non-hydrogen) atoms. The molecule has 3 nitrogen and oxygen atoms in total. The van der Waals surface area contributed by atoms with E-state index in [9.17, 15) is 0 Å². The topological polar surface area (TPSA) is 22.4 Å².